The van der Waals surface area contributed by atoms with Crippen molar-refractivity contribution in [2.75, 3.05) is 19.8 Å². The molecule has 28 heavy (non-hydrogen) atoms. The first-order chi connectivity index (χ1) is 13.0. The fourth-order valence-corrected chi connectivity index (χ4v) is 3.44. The Morgan fingerprint density at radius 2 is 1.86 bits per heavy atom. The summed E-state index contributed by atoms with van der Waals surface area (Å²) < 4.78 is 40.2. The van der Waals surface area contributed by atoms with Crippen molar-refractivity contribution in [2.45, 2.75) is 83.0 Å². The Kier molecular flexibility index (Phi) is 6.17. The van der Waals surface area contributed by atoms with E-state index >= 15 is 0 Å². The molecule has 0 amide bonds. The molecule has 0 saturated carbocycles. The van der Waals surface area contributed by atoms with Crippen LogP contribution in [0.15, 0.2) is 12.2 Å². The standard InChI is InChI=1S/C19H30O9/c1-10(2)16(21)23-8-11(20)7-22-14-13(12-9-24-18(3,4)26-12)25-17-15(14)27-19(5,6)28-17/h11-15,17,20H,1,7-9H2,2-6H3/t11?,12-,13-,14+,15-,17-/m1/s1. The number of carbonyl (C=O) groups is 1. The molecule has 0 spiro atoms. The number of aliphatic hydroxyl groups is 1. The molecule has 1 unspecified atom stereocenters. The van der Waals surface area contributed by atoms with Crippen LogP contribution in [-0.4, -0.2) is 79.3 Å². The van der Waals surface area contributed by atoms with Crippen LogP contribution in [0.4, 0.5) is 0 Å². The number of carbonyl (C=O) groups excluding carboxylic acids is 1. The van der Waals surface area contributed by atoms with Crippen LogP contribution in [0, 0.1) is 0 Å². The third kappa shape index (κ3) is 4.91. The van der Waals surface area contributed by atoms with E-state index in [-0.39, 0.29) is 24.9 Å². The molecule has 3 saturated heterocycles. The van der Waals surface area contributed by atoms with Gasteiger partial charge in [0.25, 0.3) is 0 Å². The lowest BCUT2D eigenvalue weighted by Crippen LogP contribution is -2.45. The molecule has 0 bridgehead atoms. The fraction of sp³-hybridized carbons (Fsp3) is 0.842. The van der Waals surface area contributed by atoms with Crippen molar-refractivity contribution in [3.05, 3.63) is 12.2 Å². The van der Waals surface area contributed by atoms with Crippen molar-refractivity contribution in [2.24, 2.45) is 0 Å². The first kappa shape index (κ1) is 21.6. The van der Waals surface area contributed by atoms with Gasteiger partial charge in [-0.25, -0.2) is 4.79 Å². The summed E-state index contributed by atoms with van der Waals surface area (Å²) in [4.78, 5) is 11.5. The molecular weight excluding hydrogens is 372 g/mol. The zero-order chi connectivity index (χ0) is 20.7. The van der Waals surface area contributed by atoms with Gasteiger partial charge in [0.1, 0.15) is 37.1 Å². The van der Waals surface area contributed by atoms with E-state index in [1.807, 2.05) is 13.8 Å². The molecule has 3 aliphatic heterocycles. The molecule has 0 aromatic carbocycles. The van der Waals surface area contributed by atoms with E-state index in [0.717, 1.165) is 0 Å². The van der Waals surface area contributed by atoms with Crippen molar-refractivity contribution in [3.8, 4) is 0 Å². The summed E-state index contributed by atoms with van der Waals surface area (Å²) in [7, 11) is 0. The van der Waals surface area contributed by atoms with Crippen molar-refractivity contribution >= 4 is 5.97 Å². The molecule has 6 atom stereocenters. The van der Waals surface area contributed by atoms with E-state index < -0.39 is 48.2 Å². The number of rotatable bonds is 7. The van der Waals surface area contributed by atoms with Gasteiger partial charge in [0, 0.05) is 5.57 Å². The zero-order valence-corrected chi connectivity index (χ0v) is 17.0. The minimum absolute atomic E-state index is 0.0715. The van der Waals surface area contributed by atoms with Gasteiger partial charge in [0.05, 0.1) is 13.2 Å². The van der Waals surface area contributed by atoms with Crippen LogP contribution in [0.2, 0.25) is 0 Å². The average Bonchev–Trinajstić information content (AvgIpc) is 3.19. The van der Waals surface area contributed by atoms with Crippen LogP contribution in [0.3, 0.4) is 0 Å². The fourth-order valence-electron chi connectivity index (χ4n) is 3.44. The summed E-state index contributed by atoms with van der Waals surface area (Å²) in [6.45, 7) is 12.4. The summed E-state index contributed by atoms with van der Waals surface area (Å²) in [6, 6.07) is 0. The predicted octanol–water partition coefficient (Wildman–Crippen LogP) is 0.880. The van der Waals surface area contributed by atoms with Gasteiger partial charge in [-0.05, 0) is 34.6 Å². The summed E-state index contributed by atoms with van der Waals surface area (Å²) in [5.41, 5.74) is 0.264. The van der Waals surface area contributed by atoms with Crippen LogP contribution in [0.1, 0.15) is 34.6 Å². The molecule has 3 fully saturated rings. The first-order valence-corrected chi connectivity index (χ1v) is 9.42. The lowest BCUT2D eigenvalue weighted by Gasteiger charge is -2.29. The highest BCUT2D eigenvalue weighted by atomic mass is 16.8. The van der Waals surface area contributed by atoms with E-state index in [2.05, 4.69) is 6.58 Å². The van der Waals surface area contributed by atoms with Crippen LogP contribution in [0.5, 0.6) is 0 Å². The monoisotopic (exact) mass is 402 g/mol. The normalized spacial score (nSPS) is 36.9. The summed E-state index contributed by atoms with van der Waals surface area (Å²) >= 11 is 0. The number of aliphatic hydroxyl groups excluding tert-OH is 1. The summed E-state index contributed by atoms with van der Waals surface area (Å²) in [6.07, 6.45) is -3.47. The molecule has 3 aliphatic rings. The maximum absolute atomic E-state index is 11.5. The van der Waals surface area contributed by atoms with E-state index in [4.69, 9.17) is 33.2 Å². The van der Waals surface area contributed by atoms with Crippen LogP contribution >= 0.6 is 0 Å². The largest absolute Gasteiger partial charge is 0.460 e. The van der Waals surface area contributed by atoms with Gasteiger partial charge >= 0.3 is 5.97 Å². The minimum atomic E-state index is -1.00. The average molecular weight is 402 g/mol. The SMILES string of the molecule is C=C(C)C(=O)OCC(O)CO[C@@H]1[C@H]2OC(C)(C)O[C@H]2O[C@@H]1[C@H]1COC(C)(C)O1. The second-order valence-corrected chi connectivity index (χ2v) is 8.27. The van der Waals surface area contributed by atoms with Gasteiger partial charge < -0.3 is 38.3 Å². The van der Waals surface area contributed by atoms with Crippen LogP contribution in [-0.2, 0) is 38.0 Å². The Hall–Kier alpha value is -1.07. The third-order valence-corrected chi connectivity index (χ3v) is 4.66. The van der Waals surface area contributed by atoms with E-state index in [9.17, 15) is 9.90 Å². The topological polar surface area (TPSA) is 102 Å². The molecule has 160 valence electrons. The molecule has 0 aromatic heterocycles. The molecule has 0 aromatic rings. The van der Waals surface area contributed by atoms with E-state index in [1.54, 1.807) is 13.8 Å². The zero-order valence-electron chi connectivity index (χ0n) is 17.0. The Balaban J connectivity index is 1.61. The predicted molar refractivity (Wildman–Crippen MR) is 95.1 cm³/mol. The van der Waals surface area contributed by atoms with Crippen molar-refractivity contribution in [3.63, 3.8) is 0 Å². The lowest BCUT2D eigenvalue weighted by molar-refractivity contribution is -0.237. The number of esters is 1. The Bertz CT molecular complexity index is 602. The van der Waals surface area contributed by atoms with E-state index in [1.165, 1.54) is 6.92 Å². The Labute approximate surface area is 164 Å². The number of hydrogen-bond acceptors (Lipinski definition) is 9. The Morgan fingerprint density at radius 3 is 2.46 bits per heavy atom. The minimum Gasteiger partial charge on any atom is -0.460 e. The van der Waals surface area contributed by atoms with Gasteiger partial charge in [0.15, 0.2) is 17.9 Å². The molecule has 3 rings (SSSR count). The van der Waals surface area contributed by atoms with Crippen molar-refractivity contribution in [1.82, 2.24) is 0 Å². The highest BCUT2D eigenvalue weighted by Crippen LogP contribution is 2.41. The molecule has 0 radical (unpaired) electrons. The van der Waals surface area contributed by atoms with Crippen LogP contribution in [0.25, 0.3) is 0 Å². The highest BCUT2D eigenvalue weighted by molar-refractivity contribution is 5.86. The molecular formula is C19H30O9. The third-order valence-electron chi connectivity index (χ3n) is 4.66. The maximum atomic E-state index is 11.5. The first-order valence-electron chi connectivity index (χ1n) is 9.42. The molecule has 1 N–H and O–H groups in total. The lowest BCUT2D eigenvalue weighted by atomic mass is 10.1. The Morgan fingerprint density at radius 1 is 1.14 bits per heavy atom. The summed E-state index contributed by atoms with van der Waals surface area (Å²) in [5.74, 6) is -2.08. The van der Waals surface area contributed by atoms with Crippen molar-refractivity contribution < 1.29 is 43.1 Å². The quantitative estimate of drug-likeness (QED) is 0.491. The highest BCUT2D eigenvalue weighted by Gasteiger charge is 2.59. The van der Waals surface area contributed by atoms with Crippen molar-refractivity contribution in [1.29, 1.82) is 0 Å². The van der Waals surface area contributed by atoms with Gasteiger partial charge in [-0.2, -0.15) is 0 Å². The van der Waals surface area contributed by atoms with Gasteiger partial charge in [-0.15, -0.1) is 0 Å². The van der Waals surface area contributed by atoms with Gasteiger partial charge in [0.2, 0.25) is 0 Å². The molecule has 0 aliphatic carbocycles. The molecule has 9 heteroatoms. The maximum Gasteiger partial charge on any atom is 0.333 e. The second-order valence-electron chi connectivity index (χ2n) is 8.27. The van der Waals surface area contributed by atoms with Gasteiger partial charge in [-0.3, -0.25) is 0 Å². The van der Waals surface area contributed by atoms with Crippen LogP contribution < -0.4 is 0 Å². The van der Waals surface area contributed by atoms with E-state index in [0.29, 0.717) is 6.61 Å². The second kappa shape index (κ2) is 7.98. The summed E-state index contributed by atoms with van der Waals surface area (Å²) in [5, 5.41) is 10.1. The van der Waals surface area contributed by atoms with Gasteiger partial charge in [-0.1, -0.05) is 6.58 Å². The smallest absolute Gasteiger partial charge is 0.333 e. The number of ether oxygens (including phenoxy) is 7. The molecule has 3 heterocycles. The number of hydrogen-bond donors (Lipinski definition) is 1. The number of fused-ring (bicyclic) bond motifs is 1. The molecule has 9 nitrogen and oxygen atoms in total.